The maximum absolute atomic E-state index is 11.1. The van der Waals surface area contributed by atoms with Gasteiger partial charge in [0.2, 0.25) is 5.91 Å². The number of carbonyl (C=O) groups excluding carboxylic acids is 2. The molecule has 1 rings (SSSR count). The van der Waals surface area contributed by atoms with Crippen LogP contribution >= 0.6 is 11.8 Å². The quantitative estimate of drug-likeness (QED) is 0.700. The molecule has 92 valence electrons. The molecule has 0 bridgehead atoms. The molecule has 3 amide bonds. The number of rotatable bonds is 4. The van der Waals surface area contributed by atoms with E-state index in [9.17, 15) is 14.7 Å². The normalized spacial score (nSPS) is 11.9. The number of amides is 3. The van der Waals surface area contributed by atoms with Gasteiger partial charge < -0.3 is 10.8 Å². The highest BCUT2D eigenvalue weighted by molar-refractivity contribution is 8.00. The van der Waals surface area contributed by atoms with Crippen LogP contribution in [0.3, 0.4) is 0 Å². The number of thioether (sulfide) groups is 1. The van der Waals surface area contributed by atoms with Gasteiger partial charge in [0.1, 0.15) is 0 Å². The summed E-state index contributed by atoms with van der Waals surface area (Å²) < 4.78 is 0. The van der Waals surface area contributed by atoms with Gasteiger partial charge in [0.15, 0.2) is 0 Å². The van der Waals surface area contributed by atoms with Crippen molar-refractivity contribution >= 4 is 23.7 Å². The number of nitrogens with two attached hydrogens (primary N) is 1. The molecular weight excluding hydrogens is 240 g/mol. The second-order valence-electron chi connectivity index (χ2n) is 3.45. The summed E-state index contributed by atoms with van der Waals surface area (Å²) >= 11 is 1.29. The molecule has 1 aromatic carbocycles. The molecule has 0 spiro atoms. The highest BCUT2D eigenvalue weighted by Gasteiger charge is 2.05. The fraction of sp³-hybridized carbons (Fsp3) is 0.273. The first-order chi connectivity index (χ1) is 7.99. The van der Waals surface area contributed by atoms with Gasteiger partial charge in [-0.05, 0) is 24.6 Å². The van der Waals surface area contributed by atoms with Gasteiger partial charge in [-0.3, -0.25) is 10.1 Å². The Labute approximate surface area is 103 Å². The van der Waals surface area contributed by atoms with Crippen molar-refractivity contribution in [3.05, 3.63) is 29.8 Å². The molecule has 4 N–H and O–H groups in total. The Hall–Kier alpha value is -1.53. The summed E-state index contributed by atoms with van der Waals surface area (Å²) in [5.41, 5.74) is 5.62. The second-order valence-corrected chi connectivity index (χ2v) is 4.49. The molecule has 0 saturated heterocycles. The van der Waals surface area contributed by atoms with E-state index >= 15 is 0 Å². The summed E-state index contributed by atoms with van der Waals surface area (Å²) in [4.78, 5) is 22.4. The minimum Gasteiger partial charge on any atom is -0.389 e. The first-order valence-corrected chi connectivity index (χ1v) is 5.97. The van der Waals surface area contributed by atoms with Gasteiger partial charge in [0.05, 0.1) is 11.9 Å². The van der Waals surface area contributed by atoms with Crippen molar-refractivity contribution in [1.29, 1.82) is 0 Å². The smallest absolute Gasteiger partial charge is 0.318 e. The van der Waals surface area contributed by atoms with E-state index in [2.05, 4.69) is 0 Å². The van der Waals surface area contributed by atoms with Crippen molar-refractivity contribution in [1.82, 2.24) is 5.32 Å². The number of carbonyl (C=O) groups is 2. The van der Waals surface area contributed by atoms with E-state index in [0.717, 1.165) is 10.5 Å². The van der Waals surface area contributed by atoms with Crippen molar-refractivity contribution in [3.63, 3.8) is 0 Å². The summed E-state index contributed by atoms with van der Waals surface area (Å²) in [5.74, 6) is -0.307. The predicted octanol–water partition coefficient (Wildman–Crippen LogP) is 1.03. The van der Waals surface area contributed by atoms with E-state index in [0.29, 0.717) is 0 Å². The molecule has 17 heavy (non-hydrogen) atoms. The molecule has 1 atom stereocenters. The van der Waals surface area contributed by atoms with Crippen LogP contribution in [0.1, 0.15) is 18.6 Å². The van der Waals surface area contributed by atoms with Crippen LogP contribution in [0.5, 0.6) is 0 Å². The van der Waals surface area contributed by atoms with E-state index in [1.54, 1.807) is 19.1 Å². The summed E-state index contributed by atoms with van der Waals surface area (Å²) in [6, 6.07) is 6.35. The number of benzene rings is 1. The lowest BCUT2D eigenvalue weighted by molar-refractivity contribution is -0.117. The Morgan fingerprint density at radius 2 is 2.00 bits per heavy atom. The molecule has 0 radical (unpaired) electrons. The third-order valence-electron chi connectivity index (χ3n) is 2.00. The molecular formula is C11H14N2O3S. The highest BCUT2D eigenvalue weighted by atomic mass is 32.2. The topological polar surface area (TPSA) is 92.4 Å². The third kappa shape index (κ3) is 4.88. The van der Waals surface area contributed by atoms with Crippen LogP contribution in [0.4, 0.5) is 4.79 Å². The van der Waals surface area contributed by atoms with Gasteiger partial charge >= 0.3 is 6.03 Å². The number of aliphatic hydroxyl groups excluding tert-OH is 1. The zero-order valence-electron chi connectivity index (χ0n) is 9.34. The standard InChI is InChI=1S/C11H14N2O3S/c1-7(14)8-2-4-9(5-3-8)17-6-10(15)13-11(12)16/h2-5,7,14H,6H2,1H3,(H3,12,13,15,16). The summed E-state index contributed by atoms with van der Waals surface area (Å²) in [6.45, 7) is 1.68. The second kappa shape index (κ2) is 6.27. The Bertz CT molecular complexity index is 404. The number of primary amides is 1. The van der Waals surface area contributed by atoms with Crippen LogP contribution in [-0.4, -0.2) is 22.8 Å². The van der Waals surface area contributed by atoms with Crippen molar-refractivity contribution in [2.75, 3.05) is 5.75 Å². The van der Waals surface area contributed by atoms with Gasteiger partial charge in [-0.1, -0.05) is 12.1 Å². The van der Waals surface area contributed by atoms with E-state index < -0.39 is 18.0 Å². The average molecular weight is 254 g/mol. The first kappa shape index (κ1) is 13.5. The van der Waals surface area contributed by atoms with E-state index in [1.165, 1.54) is 11.8 Å². The summed E-state index contributed by atoms with van der Waals surface area (Å²) in [5, 5.41) is 11.3. The van der Waals surface area contributed by atoms with E-state index in [1.807, 2.05) is 17.4 Å². The lowest BCUT2D eigenvalue weighted by atomic mass is 10.1. The molecule has 0 aliphatic carbocycles. The van der Waals surface area contributed by atoms with Crippen molar-refractivity contribution in [2.24, 2.45) is 5.73 Å². The maximum Gasteiger partial charge on any atom is 0.318 e. The Balaban J connectivity index is 2.47. The fourth-order valence-corrected chi connectivity index (χ4v) is 1.86. The molecule has 0 fully saturated rings. The highest BCUT2D eigenvalue weighted by Crippen LogP contribution is 2.20. The van der Waals surface area contributed by atoms with Crippen LogP contribution in [0, 0.1) is 0 Å². The van der Waals surface area contributed by atoms with Crippen LogP contribution < -0.4 is 11.1 Å². The van der Waals surface area contributed by atoms with Gasteiger partial charge in [-0.2, -0.15) is 0 Å². The molecule has 0 heterocycles. The summed E-state index contributed by atoms with van der Waals surface area (Å²) in [6.07, 6.45) is -0.507. The molecule has 0 aliphatic heterocycles. The summed E-state index contributed by atoms with van der Waals surface area (Å²) in [7, 11) is 0. The fourth-order valence-electron chi connectivity index (χ4n) is 1.16. The van der Waals surface area contributed by atoms with Crippen LogP contribution in [0.2, 0.25) is 0 Å². The number of imide groups is 1. The van der Waals surface area contributed by atoms with Crippen LogP contribution in [0.15, 0.2) is 29.2 Å². The predicted molar refractivity (Wildman–Crippen MR) is 65.5 cm³/mol. The van der Waals surface area contributed by atoms with E-state index in [-0.39, 0.29) is 5.75 Å². The average Bonchev–Trinajstić information content (AvgIpc) is 2.26. The monoisotopic (exact) mass is 254 g/mol. The van der Waals surface area contributed by atoms with Crippen molar-refractivity contribution < 1.29 is 14.7 Å². The number of hydrogen-bond donors (Lipinski definition) is 3. The molecule has 0 aliphatic rings. The molecule has 1 aromatic rings. The zero-order chi connectivity index (χ0) is 12.8. The molecule has 6 heteroatoms. The van der Waals surface area contributed by atoms with Crippen LogP contribution in [0.25, 0.3) is 0 Å². The van der Waals surface area contributed by atoms with Crippen LogP contribution in [-0.2, 0) is 4.79 Å². The number of hydrogen-bond acceptors (Lipinski definition) is 4. The van der Waals surface area contributed by atoms with E-state index in [4.69, 9.17) is 5.73 Å². The molecule has 5 nitrogen and oxygen atoms in total. The lowest BCUT2D eigenvalue weighted by Crippen LogP contribution is -2.36. The minimum atomic E-state index is -0.847. The lowest BCUT2D eigenvalue weighted by Gasteiger charge is -2.05. The van der Waals surface area contributed by atoms with Crippen molar-refractivity contribution in [3.8, 4) is 0 Å². The SMILES string of the molecule is CC(O)c1ccc(SCC(=O)NC(N)=O)cc1. The first-order valence-electron chi connectivity index (χ1n) is 4.99. The molecule has 0 aromatic heterocycles. The Kier molecular flexibility index (Phi) is 4.99. The van der Waals surface area contributed by atoms with Crippen molar-refractivity contribution in [2.45, 2.75) is 17.9 Å². The molecule has 1 unspecified atom stereocenters. The Morgan fingerprint density at radius 3 is 2.47 bits per heavy atom. The minimum absolute atomic E-state index is 0.122. The number of aliphatic hydroxyl groups is 1. The Morgan fingerprint density at radius 1 is 1.41 bits per heavy atom. The molecule has 0 saturated carbocycles. The van der Waals surface area contributed by atoms with Gasteiger partial charge in [-0.15, -0.1) is 11.8 Å². The number of nitrogens with one attached hydrogen (secondary N) is 1. The maximum atomic E-state index is 11.1. The number of urea groups is 1. The van der Waals surface area contributed by atoms with Gasteiger partial charge in [0.25, 0.3) is 0 Å². The van der Waals surface area contributed by atoms with Gasteiger partial charge in [-0.25, -0.2) is 4.79 Å². The zero-order valence-corrected chi connectivity index (χ0v) is 10.2. The van der Waals surface area contributed by atoms with Gasteiger partial charge in [0, 0.05) is 4.90 Å². The third-order valence-corrected chi connectivity index (χ3v) is 3.01. The largest absolute Gasteiger partial charge is 0.389 e.